The molecule has 42 heavy (non-hydrogen) atoms. The molecule has 0 spiro atoms. The average Bonchev–Trinajstić information content (AvgIpc) is 3.37. The Balaban J connectivity index is 1.66. The molecule has 0 aliphatic carbocycles. The van der Waals surface area contributed by atoms with Crippen LogP contribution in [0.2, 0.25) is 10.0 Å². The average molecular weight is 638 g/mol. The molecule has 4 rings (SSSR count). The van der Waals surface area contributed by atoms with E-state index < -0.39 is 46.9 Å². The van der Waals surface area contributed by atoms with Crippen molar-refractivity contribution >= 4 is 40.9 Å². The summed E-state index contributed by atoms with van der Waals surface area (Å²) in [6.45, 7) is 2.39. The van der Waals surface area contributed by atoms with Crippen LogP contribution in [0.15, 0.2) is 36.4 Å². The van der Waals surface area contributed by atoms with E-state index in [9.17, 15) is 40.7 Å². The fourth-order valence-corrected chi connectivity index (χ4v) is 5.87. The van der Waals surface area contributed by atoms with Crippen LogP contribution in [0.25, 0.3) is 0 Å². The summed E-state index contributed by atoms with van der Waals surface area (Å²) < 4.78 is 80.8. The number of halogens is 8. The first-order chi connectivity index (χ1) is 19.5. The minimum Gasteiger partial charge on any atom is -0.343 e. The number of nitrogens with zero attached hydrogens (tertiary/aromatic N) is 3. The molecule has 2 unspecified atom stereocenters. The molecule has 2 atom stereocenters. The lowest BCUT2D eigenvalue weighted by Crippen LogP contribution is -2.45. The van der Waals surface area contributed by atoms with E-state index in [1.165, 1.54) is 20.0 Å². The van der Waals surface area contributed by atoms with Crippen molar-refractivity contribution in [3.8, 4) is 0 Å². The van der Waals surface area contributed by atoms with Gasteiger partial charge in [-0.2, -0.15) is 26.3 Å². The van der Waals surface area contributed by atoms with Crippen LogP contribution < -0.4 is 0 Å². The van der Waals surface area contributed by atoms with Crippen molar-refractivity contribution in [3.05, 3.63) is 68.7 Å². The summed E-state index contributed by atoms with van der Waals surface area (Å²) in [6, 6.07) is 4.68. The Hall–Kier alpha value is -2.99. The second kappa shape index (κ2) is 11.9. The van der Waals surface area contributed by atoms with Gasteiger partial charge in [0.1, 0.15) is 0 Å². The molecular formula is C28H27Cl2F6N3O3. The maximum absolute atomic E-state index is 13.5. The van der Waals surface area contributed by atoms with Gasteiger partial charge in [0.25, 0.3) is 5.91 Å². The van der Waals surface area contributed by atoms with Crippen LogP contribution in [0.3, 0.4) is 0 Å². The highest BCUT2D eigenvalue weighted by molar-refractivity contribution is 6.42. The molecule has 6 nitrogen and oxygen atoms in total. The van der Waals surface area contributed by atoms with Crippen molar-refractivity contribution in [1.29, 1.82) is 0 Å². The first-order valence-electron chi connectivity index (χ1n) is 13.0. The standard InChI is InChI=1S/C28H27Cl2F6N3O3/c1-15(40)38-7-5-16(6-8-38)26(42)39-13-21(17-3-4-22(29)23(30)11-17)24(14-39)37(2)25(41)18-9-19(27(31,32)33)12-20(10-18)28(34,35)36/h3-4,9-12,16,21,24H,5-8,13-14H2,1-2H3. The summed E-state index contributed by atoms with van der Waals surface area (Å²) in [5, 5.41) is 0.462. The molecule has 0 saturated carbocycles. The third-order valence-electron chi connectivity index (χ3n) is 7.91. The first-order valence-corrected chi connectivity index (χ1v) is 13.8. The van der Waals surface area contributed by atoms with Crippen LogP contribution in [-0.2, 0) is 21.9 Å². The molecule has 2 fully saturated rings. The number of carbonyl (C=O) groups is 3. The monoisotopic (exact) mass is 637 g/mol. The van der Waals surface area contributed by atoms with Crippen LogP contribution in [0, 0.1) is 5.92 Å². The van der Waals surface area contributed by atoms with Gasteiger partial charge in [-0.05, 0) is 48.7 Å². The quantitative estimate of drug-likeness (QED) is 0.367. The molecule has 2 aromatic carbocycles. The van der Waals surface area contributed by atoms with E-state index >= 15 is 0 Å². The largest absolute Gasteiger partial charge is 0.416 e. The van der Waals surface area contributed by atoms with E-state index in [1.54, 1.807) is 21.9 Å². The fourth-order valence-electron chi connectivity index (χ4n) is 5.56. The highest BCUT2D eigenvalue weighted by atomic mass is 35.5. The molecule has 2 aliphatic rings. The molecule has 2 aromatic rings. The van der Waals surface area contributed by atoms with E-state index in [0.717, 1.165) is 4.90 Å². The third-order valence-corrected chi connectivity index (χ3v) is 8.65. The van der Waals surface area contributed by atoms with Crippen molar-refractivity contribution in [2.75, 3.05) is 33.2 Å². The molecule has 0 N–H and O–H groups in total. The molecule has 0 radical (unpaired) electrons. The lowest BCUT2D eigenvalue weighted by molar-refractivity contribution is -0.143. The zero-order valence-corrected chi connectivity index (χ0v) is 24.0. The molecular weight excluding hydrogens is 611 g/mol. The lowest BCUT2D eigenvalue weighted by Gasteiger charge is -2.33. The predicted octanol–water partition coefficient (Wildman–Crippen LogP) is 6.36. The van der Waals surface area contributed by atoms with Gasteiger partial charge >= 0.3 is 12.4 Å². The van der Waals surface area contributed by atoms with E-state index in [2.05, 4.69) is 0 Å². The number of benzene rings is 2. The van der Waals surface area contributed by atoms with E-state index in [-0.39, 0.29) is 46.9 Å². The number of alkyl halides is 6. The SMILES string of the molecule is CC(=O)N1CCC(C(=O)N2CC(c3ccc(Cl)c(Cl)c3)C(N(C)C(=O)c3cc(C(F)(F)F)cc(C(F)(F)F)c3)C2)CC1. The van der Waals surface area contributed by atoms with Crippen LogP contribution in [-0.4, -0.2) is 71.7 Å². The summed E-state index contributed by atoms with van der Waals surface area (Å²) >= 11 is 12.3. The van der Waals surface area contributed by atoms with Gasteiger partial charge in [0.2, 0.25) is 11.8 Å². The molecule has 2 heterocycles. The molecule has 0 aromatic heterocycles. The Morgan fingerprint density at radius 2 is 1.40 bits per heavy atom. The van der Waals surface area contributed by atoms with Gasteiger partial charge in [-0.1, -0.05) is 29.3 Å². The maximum atomic E-state index is 13.5. The Kier molecular flexibility index (Phi) is 9.09. The molecule has 2 saturated heterocycles. The zero-order chi connectivity index (χ0) is 31.1. The Morgan fingerprint density at radius 1 is 0.833 bits per heavy atom. The van der Waals surface area contributed by atoms with Gasteiger partial charge in [0.05, 0.1) is 27.2 Å². The van der Waals surface area contributed by atoms with Crippen molar-refractivity contribution in [2.24, 2.45) is 5.92 Å². The Morgan fingerprint density at radius 3 is 1.90 bits per heavy atom. The van der Waals surface area contributed by atoms with Crippen molar-refractivity contribution in [2.45, 2.75) is 44.1 Å². The number of carbonyl (C=O) groups excluding carboxylic acids is 3. The number of rotatable bonds is 4. The Labute approximate surface area is 248 Å². The number of amides is 3. The van der Waals surface area contributed by atoms with Gasteiger partial charge in [0.15, 0.2) is 0 Å². The number of hydrogen-bond acceptors (Lipinski definition) is 3. The fraction of sp³-hybridized carbons (Fsp3) is 0.464. The van der Waals surface area contributed by atoms with Gasteiger partial charge in [-0.25, -0.2) is 0 Å². The second-order valence-corrected chi connectivity index (χ2v) is 11.4. The second-order valence-electron chi connectivity index (χ2n) is 10.6. The molecule has 228 valence electrons. The minimum absolute atomic E-state index is 0.00992. The number of hydrogen-bond donors (Lipinski definition) is 0. The highest BCUT2D eigenvalue weighted by Gasteiger charge is 2.43. The van der Waals surface area contributed by atoms with Crippen LogP contribution in [0.5, 0.6) is 0 Å². The predicted molar refractivity (Wildman–Crippen MR) is 143 cm³/mol. The third kappa shape index (κ3) is 6.80. The topological polar surface area (TPSA) is 60.9 Å². The van der Waals surface area contributed by atoms with Crippen LogP contribution in [0.4, 0.5) is 26.3 Å². The van der Waals surface area contributed by atoms with Crippen molar-refractivity contribution in [3.63, 3.8) is 0 Å². The number of likely N-dealkylation sites (tertiary alicyclic amines) is 2. The van der Waals surface area contributed by atoms with Gasteiger partial charge in [0, 0.05) is 57.5 Å². The lowest BCUT2D eigenvalue weighted by atomic mass is 9.92. The Bertz CT molecular complexity index is 1340. The summed E-state index contributed by atoms with van der Waals surface area (Å²) in [5.74, 6) is -2.31. The number of piperidine rings is 1. The summed E-state index contributed by atoms with van der Waals surface area (Å²) in [6.07, 6.45) is -9.36. The summed E-state index contributed by atoms with van der Waals surface area (Å²) in [5.41, 5.74) is -3.39. The summed E-state index contributed by atoms with van der Waals surface area (Å²) in [4.78, 5) is 42.9. The minimum atomic E-state index is -5.12. The van der Waals surface area contributed by atoms with Crippen molar-refractivity contribution < 1.29 is 40.7 Å². The molecule has 2 aliphatic heterocycles. The summed E-state index contributed by atoms with van der Waals surface area (Å²) in [7, 11) is 1.28. The zero-order valence-electron chi connectivity index (χ0n) is 22.5. The van der Waals surface area contributed by atoms with Crippen molar-refractivity contribution in [1.82, 2.24) is 14.7 Å². The van der Waals surface area contributed by atoms with Crippen LogP contribution >= 0.6 is 23.2 Å². The first kappa shape index (κ1) is 31.9. The number of likely N-dealkylation sites (N-methyl/N-ethyl adjacent to an activating group) is 1. The smallest absolute Gasteiger partial charge is 0.343 e. The molecule has 14 heteroatoms. The van der Waals surface area contributed by atoms with E-state index in [0.29, 0.717) is 43.6 Å². The maximum Gasteiger partial charge on any atom is 0.416 e. The van der Waals surface area contributed by atoms with E-state index in [4.69, 9.17) is 23.2 Å². The molecule has 0 bridgehead atoms. The van der Waals surface area contributed by atoms with Crippen LogP contribution in [0.1, 0.15) is 52.7 Å². The normalized spacial score (nSPS) is 20.1. The highest BCUT2D eigenvalue weighted by Crippen LogP contribution is 2.39. The molecule has 3 amide bonds. The van der Waals surface area contributed by atoms with Gasteiger partial charge in [-0.3, -0.25) is 14.4 Å². The van der Waals surface area contributed by atoms with Gasteiger partial charge in [-0.15, -0.1) is 0 Å². The van der Waals surface area contributed by atoms with Gasteiger partial charge < -0.3 is 14.7 Å². The van der Waals surface area contributed by atoms with E-state index in [1.807, 2.05) is 0 Å².